The van der Waals surface area contributed by atoms with Gasteiger partial charge in [-0.2, -0.15) is 11.3 Å². The number of hydrogen-bond donors (Lipinski definition) is 1. The number of nitrogens with one attached hydrogen (secondary N) is 1. The number of carbonyl (C=O) groups excluding carboxylic acids is 1. The summed E-state index contributed by atoms with van der Waals surface area (Å²) in [5.74, 6) is -0.0224. The Morgan fingerprint density at radius 1 is 1.17 bits per heavy atom. The highest BCUT2D eigenvalue weighted by molar-refractivity contribution is 7.89. The summed E-state index contributed by atoms with van der Waals surface area (Å²) in [6, 6.07) is 10.2. The summed E-state index contributed by atoms with van der Waals surface area (Å²) < 4.78 is 27.8. The van der Waals surface area contributed by atoms with Crippen molar-refractivity contribution in [3.05, 3.63) is 57.7 Å². The fraction of sp³-hybridized carbons (Fsp3) is 0.300. The summed E-state index contributed by atoms with van der Waals surface area (Å²) in [5.41, 5.74) is 1.78. The topological polar surface area (TPSA) is 79.4 Å². The molecule has 1 aliphatic rings. The third kappa shape index (κ3) is 4.42. The predicted molar refractivity (Wildman–Crippen MR) is 116 cm³/mol. The van der Waals surface area contributed by atoms with Gasteiger partial charge in [0, 0.05) is 30.1 Å². The Morgan fingerprint density at radius 3 is 2.55 bits per heavy atom. The predicted octanol–water partition coefficient (Wildman–Crippen LogP) is 3.76. The van der Waals surface area contributed by atoms with E-state index in [-0.39, 0.29) is 16.8 Å². The van der Waals surface area contributed by atoms with Crippen LogP contribution in [0.4, 0.5) is 0 Å². The molecule has 3 aromatic rings. The first-order valence-corrected chi connectivity index (χ1v) is 12.5. The van der Waals surface area contributed by atoms with E-state index in [2.05, 4.69) is 9.71 Å². The van der Waals surface area contributed by atoms with Crippen LogP contribution in [0.1, 0.15) is 28.2 Å². The second kappa shape index (κ2) is 8.35. The van der Waals surface area contributed by atoms with Gasteiger partial charge in [0.05, 0.1) is 10.6 Å². The lowest BCUT2D eigenvalue weighted by molar-refractivity contribution is 0.0715. The number of carbonyl (C=O) groups is 1. The normalized spacial score (nSPS) is 15.6. The molecular formula is C20H21N3O3S3. The fourth-order valence-electron chi connectivity index (χ4n) is 3.34. The summed E-state index contributed by atoms with van der Waals surface area (Å²) in [5, 5.41) is 4.88. The molecule has 1 N–H and O–H groups in total. The van der Waals surface area contributed by atoms with Crippen LogP contribution in [0.2, 0.25) is 0 Å². The van der Waals surface area contributed by atoms with E-state index in [1.807, 2.05) is 23.8 Å². The number of thiazole rings is 1. The Bertz CT molecular complexity index is 1080. The van der Waals surface area contributed by atoms with Crippen LogP contribution in [0.5, 0.6) is 0 Å². The van der Waals surface area contributed by atoms with E-state index >= 15 is 0 Å². The van der Waals surface area contributed by atoms with Crippen molar-refractivity contribution in [2.45, 2.75) is 30.7 Å². The highest BCUT2D eigenvalue weighted by Gasteiger charge is 2.29. The zero-order chi connectivity index (χ0) is 20.4. The summed E-state index contributed by atoms with van der Waals surface area (Å²) in [4.78, 5) is 20.3. The molecular weight excluding hydrogens is 426 g/mol. The number of aromatic nitrogens is 1. The maximum atomic E-state index is 13.0. The molecule has 1 amide bonds. The van der Waals surface area contributed by atoms with Gasteiger partial charge in [-0.3, -0.25) is 4.79 Å². The average molecular weight is 448 g/mol. The van der Waals surface area contributed by atoms with E-state index in [0.717, 1.165) is 16.3 Å². The second-order valence-corrected chi connectivity index (χ2v) is 10.4. The number of amides is 1. The Morgan fingerprint density at radius 2 is 1.90 bits per heavy atom. The molecule has 0 atom stereocenters. The monoisotopic (exact) mass is 447 g/mol. The summed E-state index contributed by atoms with van der Waals surface area (Å²) in [7, 11) is -3.54. The van der Waals surface area contributed by atoms with Crippen molar-refractivity contribution in [1.82, 2.24) is 14.6 Å². The number of sulfonamides is 1. The molecule has 29 heavy (non-hydrogen) atoms. The van der Waals surface area contributed by atoms with Gasteiger partial charge in [0.15, 0.2) is 0 Å². The molecule has 1 saturated heterocycles. The van der Waals surface area contributed by atoms with Crippen LogP contribution in [0, 0.1) is 6.92 Å². The van der Waals surface area contributed by atoms with E-state index in [0.29, 0.717) is 30.8 Å². The first-order valence-electron chi connectivity index (χ1n) is 9.31. The van der Waals surface area contributed by atoms with Gasteiger partial charge >= 0.3 is 0 Å². The Hall–Kier alpha value is -2.07. The van der Waals surface area contributed by atoms with Crippen LogP contribution in [-0.4, -0.2) is 43.3 Å². The molecule has 0 bridgehead atoms. The van der Waals surface area contributed by atoms with Crippen molar-refractivity contribution in [3.63, 3.8) is 0 Å². The standard InChI is InChI=1S/C20H21N3O3S3/c1-14-18(28-19(21-14)15-9-12-27-13-15)20(24)23-10-7-16(8-11-23)22-29(25,26)17-5-3-2-4-6-17/h2-6,9,12-13,16,22H,7-8,10-11H2,1H3. The van der Waals surface area contributed by atoms with Gasteiger partial charge < -0.3 is 4.90 Å². The molecule has 1 fully saturated rings. The molecule has 1 aromatic carbocycles. The third-order valence-corrected chi connectivity index (χ3v) is 8.33. The number of benzene rings is 1. The molecule has 0 unspecified atom stereocenters. The second-order valence-electron chi connectivity index (χ2n) is 6.95. The highest BCUT2D eigenvalue weighted by Crippen LogP contribution is 2.30. The third-order valence-electron chi connectivity index (χ3n) is 4.92. The lowest BCUT2D eigenvalue weighted by Gasteiger charge is -2.32. The van der Waals surface area contributed by atoms with Crippen LogP contribution in [0.15, 0.2) is 52.1 Å². The van der Waals surface area contributed by atoms with Crippen molar-refractivity contribution in [2.75, 3.05) is 13.1 Å². The quantitative estimate of drug-likeness (QED) is 0.646. The fourth-order valence-corrected chi connectivity index (χ4v) is 6.41. The number of likely N-dealkylation sites (tertiary alicyclic amines) is 1. The van der Waals surface area contributed by atoms with Crippen molar-refractivity contribution < 1.29 is 13.2 Å². The van der Waals surface area contributed by atoms with Crippen LogP contribution in [0.25, 0.3) is 10.6 Å². The van der Waals surface area contributed by atoms with E-state index in [4.69, 9.17) is 0 Å². The molecule has 1 aliphatic heterocycles. The number of thiophene rings is 1. The summed E-state index contributed by atoms with van der Waals surface area (Å²) in [6.45, 7) is 2.90. The van der Waals surface area contributed by atoms with Crippen molar-refractivity contribution in [1.29, 1.82) is 0 Å². The van der Waals surface area contributed by atoms with Gasteiger partial charge in [0.2, 0.25) is 10.0 Å². The molecule has 2 aromatic heterocycles. The maximum absolute atomic E-state index is 13.0. The van der Waals surface area contributed by atoms with Gasteiger partial charge in [0.1, 0.15) is 9.88 Å². The van der Waals surface area contributed by atoms with E-state index in [1.54, 1.807) is 46.6 Å². The smallest absolute Gasteiger partial charge is 0.265 e. The molecule has 0 saturated carbocycles. The number of rotatable bonds is 5. The zero-order valence-electron chi connectivity index (χ0n) is 15.9. The zero-order valence-corrected chi connectivity index (χ0v) is 18.3. The van der Waals surface area contributed by atoms with Crippen LogP contribution in [0.3, 0.4) is 0 Å². The van der Waals surface area contributed by atoms with Gasteiger partial charge in [-0.1, -0.05) is 18.2 Å². The van der Waals surface area contributed by atoms with E-state index < -0.39 is 10.0 Å². The number of aryl methyl sites for hydroxylation is 1. The molecule has 4 rings (SSSR count). The molecule has 0 aliphatic carbocycles. The lowest BCUT2D eigenvalue weighted by Crippen LogP contribution is -2.46. The van der Waals surface area contributed by atoms with Crippen molar-refractivity contribution in [3.8, 4) is 10.6 Å². The minimum Gasteiger partial charge on any atom is -0.338 e. The van der Waals surface area contributed by atoms with Crippen LogP contribution in [-0.2, 0) is 10.0 Å². The van der Waals surface area contributed by atoms with Crippen LogP contribution < -0.4 is 4.72 Å². The Kier molecular flexibility index (Phi) is 5.82. The minimum atomic E-state index is -3.54. The molecule has 3 heterocycles. The molecule has 0 radical (unpaired) electrons. The number of nitrogens with zero attached hydrogens (tertiary/aromatic N) is 2. The average Bonchev–Trinajstić information content (AvgIpc) is 3.38. The van der Waals surface area contributed by atoms with Gasteiger partial charge in [-0.05, 0) is 43.3 Å². The van der Waals surface area contributed by atoms with Crippen molar-refractivity contribution in [2.24, 2.45) is 0 Å². The largest absolute Gasteiger partial charge is 0.338 e. The molecule has 0 spiro atoms. The number of piperidine rings is 1. The van der Waals surface area contributed by atoms with Gasteiger partial charge in [-0.15, -0.1) is 11.3 Å². The Labute approximate surface area is 178 Å². The first-order chi connectivity index (χ1) is 13.9. The highest BCUT2D eigenvalue weighted by atomic mass is 32.2. The SMILES string of the molecule is Cc1nc(-c2ccsc2)sc1C(=O)N1CCC(NS(=O)(=O)c2ccccc2)CC1. The first kappa shape index (κ1) is 20.2. The molecule has 152 valence electrons. The maximum Gasteiger partial charge on any atom is 0.265 e. The van der Waals surface area contributed by atoms with E-state index in [1.165, 1.54) is 11.3 Å². The summed E-state index contributed by atoms with van der Waals surface area (Å²) >= 11 is 3.02. The number of hydrogen-bond acceptors (Lipinski definition) is 6. The van der Waals surface area contributed by atoms with E-state index in [9.17, 15) is 13.2 Å². The molecule has 9 heteroatoms. The Balaban J connectivity index is 1.39. The van der Waals surface area contributed by atoms with Crippen LogP contribution >= 0.6 is 22.7 Å². The van der Waals surface area contributed by atoms with Gasteiger partial charge in [0.25, 0.3) is 5.91 Å². The summed E-state index contributed by atoms with van der Waals surface area (Å²) in [6.07, 6.45) is 1.18. The molecule has 6 nitrogen and oxygen atoms in total. The lowest BCUT2D eigenvalue weighted by atomic mass is 10.1. The van der Waals surface area contributed by atoms with Crippen molar-refractivity contribution >= 4 is 38.6 Å². The minimum absolute atomic E-state index is 0.0224. The van der Waals surface area contributed by atoms with Gasteiger partial charge in [-0.25, -0.2) is 18.1 Å².